The van der Waals surface area contributed by atoms with E-state index in [1.807, 2.05) is 36.4 Å². The number of carbonyl (C=O) groups excluding carboxylic acids is 2. The normalized spacial score (nSPS) is 13.5. The average molecular weight is 308 g/mol. The highest BCUT2D eigenvalue weighted by molar-refractivity contribution is 6.01. The molecule has 3 rings (SSSR count). The van der Waals surface area contributed by atoms with Gasteiger partial charge in [-0.15, -0.1) is 0 Å². The van der Waals surface area contributed by atoms with E-state index >= 15 is 0 Å². The highest BCUT2D eigenvalue weighted by Gasteiger charge is 2.24. The first-order valence-electron chi connectivity index (χ1n) is 7.93. The number of nitrogens with zero attached hydrogens (tertiary/aromatic N) is 1. The molecule has 0 saturated carbocycles. The van der Waals surface area contributed by atoms with Crippen LogP contribution in [0.25, 0.3) is 0 Å². The van der Waals surface area contributed by atoms with Gasteiger partial charge in [0.15, 0.2) is 5.78 Å². The average Bonchev–Trinajstić information content (AvgIpc) is 2.60. The summed E-state index contributed by atoms with van der Waals surface area (Å²) < 4.78 is 0. The van der Waals surface area contributed by atoms with Gasteiger partial charge in [0.05, 0.1) is 0 Å². The Balaban J connectivity index is 1.68. The van der Waals surface area contributed by atoms with Crippen LogP contribution in [0.3, 0.4) is 0 Å². The van der Waals surface area contributed by atoms with Crippen molar-refractivity contribution in [2.45, 2.75) is 25.7 Å². The van der Waals surface area contributed by atoms with Crippen LogP contribution in [0.15, 0.2) is 48.5 Å². The molecule has 0 unspecified atom stereocenters. The zero-order chi connectivity index (χ0) is 16.2. The molecule has 0 radical (unpaired) electrons. The third-order valence-corrected chi connectivity index (χ3v) is 4.25. The number of Topliss-reactive ketones (excluding diaryl/α,β-unsaturated/α-hetero) is 1. The van der Waals surface area contributed by atoms with E-state index in [1.165, 1.54) is 0 Å². The monoisotopic (exact) mass is 308 g/mol. The lowest BCUT2D eigenvalue weighted by molar-refractivity contribution is -0.118. The van der Waals surface area contributed by atoms with Gasteiger partial charge in [0, 0.05) is 36.3 Å². The van der Waals surface area contributed by atoms with Crippen molar-refractivity contribution < 1.29 is 9.59 Å². The van der Waals surface area contributed by atoms with E-state index in [0.717, 1.165) is 29.8 Å². The second-order valence-corrected chi connectivity index (χ2v) is 5.78. The third kappa shape index (κ3) is 3.26. The lowest BCUT2D eigenvalue weighted by atomic mass is 9.99. The highest BCUT2D eigenvalue weighted by Crippen LogP contribution is 2.31. The smallest absolute Gasteiger partial charge is 0.227 e. The summed E-state index contributed by atoms with van der Waals surface area (Å²) in [6.07, 6.45) is 2.26. The molecule has 0 bridgehead atoms. The Bertz CT molecular complexity index is 725. The van der Waals surface area contributed by atoms with Gasteiger partial charge in [-0.05, 0) is 30.5 Å². The summed E-state index contributed by atoms with van der Waals surface area (Å²) in [6, 6.07) is 14.8. The van der Waals surface area contributed by atoms with Crippen LogP contribution < -0.4 is 10.6 Å². The number of benzene rings is 2. The third-order valence-electron chi connectivity index (χ3n) is 4.25. The van der Waals surface area contributed by atoms with E-state index in [9.17, 15) is 9.59 Å². The molecule has 0 atom stereocenters. The molecule has 0 saturated heterocycles. The van der Waals surface area contributed by atoms with Gasteiger partial charge in [-0.25, -0.2) is 0 Å². The van der Waals surface area contributed by atoms with Crippen molar-refractivity contribution in [1.82, 2.24) is 0 Å². The summed E-state index contributed by atoms with van der Waals surface area (Å²) >= 11 is 0. The Morgan fingerprint density at radius 1 is 1.00 bits per heavy atom. The molecule has 2 N–H and O–H groups in total. The molecule has 1 amide bonds. The van der Waals surface area contributed by atoms with Crippen LogP contribution in [-0.2, 0) is 11.2 Å². The first-order valence-corrected chi connectivity index (χ1v) is 7.93. The van der Waals surface area contributed by atoms with Gasteiger partial charge in [0.25, 0.3) is 0 Å². The molecule has 0 fully saturated rings. The second kappa shape index (κ2) is 6.65. The molecular weight excluding hydrogens is 288 g/mol. The lowest BCUT2D eigenvalue weighted by Crippen LogP contribution is -2.35. The number of fused-ring (bicyclic) bond motifs is 1. The Labute approximate surface area is 135 Å². The minimum Gasteiger partial charge on any atom is -0.398 e. The topological polar surface area (TPSA) is 63.4 Å². The number of carbonyl (C=O) groups is 2. The first kappa shape index (κ1) is 15.3. The molecule has 118 valence electrons. The zero-order valence-electron chi connectivity index (χ0n) is 13.0. The van der Waals surface area contributed by atoms with Crippen LogP contribution in [0.4, 0.5) is 11.4 Å². The molecule has 2 aromatic rings. The van der Waals surface area contributed by atoms with Crippen molar-refractivity contribution >= 4 is 23.1 Å². The summed E-state index contributed by atoms with van der Waals surface area (Å²) in [5.74, 6) is -0.00964. The van der Waals surface area contributed by atoms with Crippen LogP contribution in [0.2, 0.25) is 0 Å². The fourth-order valence-corrected chi connectivity index (χ4v) is 3.03. The van der Waals surface area contributed by atoms with Gasteiger partial charge in [-0.3, -0.25) is 9.59 Å². The summed E-state index contributed by atoms with van der Waals surface area (Å²) in [5.41, 5.74) is 9.34. The molecule has 1 aliphatic heterocycles. The SMILES string of the molecule is Nc1cccc2c1CCCN2C(=O)CCC(=O)c1ccccc1. The van der Waals surface area contributed by atoms with E-state index in [2.05, 4.69) is 0 Å². The molecule has 0 aromatic heterocycles. The molecule has 0 spiro atoms. The number of anilines is 2. The summed E-state index contributed by atoms with van der Waals surface area (Å²) in [5, 5.41) is 0. The van der Waals surface area contributed by atoms with Crippen LogP contribution in [0.1, 0.15) is 35.2 Å². The molecule has 2 aromatic carbocycles. The Hall–Kier alpha value is -2.62. The number of rotatable bonds is 4. The van der Waals surface area contributed by atoms with Crippen LogP contribution in [0.5, 0.6) is 0 Å². The molecule has 1 aliphatic rings. The van der Waals surface area contributed by atoms with Gasteiger partial charge < -0.3 is 10.6 Å². The highest BCUT2D eigenvalue weighted by atomic mass is 16.2. The van der Waals surface area contributed by atoms with Crippen molar-refractivity contribution in [2.24, 2.45) is 0 Å². The number of amides is 1. The fraction of sp³-hybridized carbons (Fsp3) is 0.263. The van der Waals surface area contributed by atoms with Gasteiger partial charge in [-0.1, -0.05) is 36.4 Å². The van der Waals surface area contributed by atoms with Gasteiger partial charge in [-0.2, -0.15) is 0 Å². The van der Waals surface area contributed by atoms with E-state index < -0.39 is 0 Å². The zero-order valence-corrected chi connectivity index (χ0v) is 13.0. The first-order chi connectivity index (χ1) is 11.2. The standard InChI is InChI=1S/C19H20N2O2/c20-16-9-4-10-17-15(16)8-5-13-21(17)19(23)12-11-18(22)14-6-2-1-3-7-14/h1-4,6-7,9-10H,5,8,11-13,20H2. The summed E-state index contributed by atoms with van der Waals surface area (Å²) in [6.45, 7) is 0.689. The maximum absolute atomic E-state index is 12.5. The van der Waals surface area contributed by atoms with Crippen molar-refractivity contribution in [1.29, 1.82) is 0 Å². The van der Waals surface area contributed by atoms with Crippen LogP contribution >= 0.6 is 0 Å². The predicted octanol–water partition coefficient (Wildman–Crippen LogP) is 3.21. The summed E-state index contributed by atoms with van der Waals surface area (Å²) in [7, 11) is 0. The van der Waals surface area contributed by atoms with Crippen molar-refractivity contribution in [3.63, 3.8) is 0 Å². The molecule has 0 aliphatic carbocycles. The van der Waals surface area contributed by atoms with E-state index in [0.29, 0.717) is 12.1 Å². The van der Waals surface area contributed by atoms with E-state index in [-0.39, 0.29) is 24.5 Å². The summed E-state index contributed by atoms with van der Waals surface area (Å²) in [4.78, 5) is 26.5. The fourth-order valence-electron chi connectivity index (χ4n) is 3.03. The predicted molar refractivity (Wildman–Crippen MR) is 91.5 cm³/mol. The van der Waals surface area contributed by atoms with Crippen LogP contribution in [0, 0.1) is 0 Å². The minimum atomic E-state index is -0.0131. The minimum absolute atomic E-state index is 0.00348. The van der Waals surface area contributed by atoms with Gasteiger partial charge >= 0.3 is 0 Å². The quantitative estimate of drug-likeness (QED) is 0.697. The largest absolute Gasteiger partial charge is 0.398 e. The van der Waals surface area contributed by atoms with Crippen LogP contribution in [-0.4, -0.2) is 18.2 Å². The maximum atomic E-state index is 12.5. The Kier molecular flexibility index (Phi) is 4.42. The Morgan fingerprint density at radius 3 is 2.57 bits per heavy atom. The lowest BCUT2D eigenvalue weighted by Gasteiger charge is -2.30. The maximum Gasteiger partial charge on any atom is 0.227 e. The number of hydrogen-bond donors (Lipinski definition) is 1. The molecule has 1 heterocycles. The molecule has 23 heavy (non-hydrogen) atoms. The molecule has 4 nitrogen and oxygen atoms in total. The van der Waals surface area contributed by atoms with Crippen molar-refractivity contribution in [3.8, 4) is 0 Å². The van der Waals surface area contributed by atoms with Crippen molar-refractivity contribution in [2.75, 3.05) is 17.2 Å². The number of nitrogen functional groups attached to an aromatic ring is 1. The number of ketones is 1. The number of hydrogen-bond acceptors (Lipinski definition) is 3. The van der Waals surface area contributed by atoms with E-state index in [4.69, 9.17) is 5.73 Å². The van der Waals surface area contributed by atoms with Gasteiger partial charge in [0.2, 0.25) is 5.91 Å². The van der Waals surface area contributed by atoms with Crippen molar-refractivity contribution in [3.05, 3.63) is 59.7 Å². The Morgan fingerprint density at radius 2 is 1.78 bits per heavy atom. The molecule has 4 heteroatoms. The van der Waals surface area contributed by atoms with E-state index in [1.54, 1.807) is 17.0 Å². The molecular formula is C19H20N2O2. The second-order valence-electron chi connectivity index (χ2n) is 5.78. The number of nitrogens with two attached hydrogens (primary N) is 1. The van der Waals surface area contributed by atoms with Gasteiger partial charge in [0.1, 0.15) is 0 Å².